The zero-order valence-electron chi connectivity index (χ0n) is 13.2. The predicted octanol–water partition coefficient (Wildman–Crippen LogP) is 4.51. The molecule has 0 fully saturated rings. The molecule has 3 rings (SSSR count). The van der Waals surface area contributed by atoms with Gasteiger partial charge in [0.25, 0.3) is 5.91 Å². The van der Waals surface area contributed by atoms with Crippen molar-refractivity contribution in [3.8, 4) is 0 Å². The smallest absolute Gasteiger partial charge is 0.254 e. The monoisotopic (exact) mass is 315 g/mol. The van der Waals surface area contributed by atoms with Gasteiger partial charge in [-0.2, -0.15) is 0 Å². The minimum atomic E-state index is -0.715. The molecular weight excluding hydrogens is 296 g/mol. The van der Waals surface area contributed by atoms with Gasteiger partial charge in [0.2, 0.25) is 0 Å². The van der Waals surface area contributed by atoms with E-state index in [0.717, 1.165) is 36.6 Å². The Kier molecular flexibility index (Phi) is 3.92. The van der Waals surface area contributed by atoms with Crippen molar-refractivity contribution in [2.75, 3.05) is 0 Å². The first kappa shape index (κ1) is 15.7. The number of rotatable bonds is 2. The largest absolute Gasteiger partial charge is 0.345 e. The highest BCUT2D eigenvalue weighted by atomic mass is 19.1. The van der Waals surface area contributed by atoms with E-state index in [1.165, 1.54) is 5.56 Å². The number of hydrogen-bond acceptors (Lipinski definition) is 1. The highest BCUT2D eigenvalue weighted by Crippen LogP contribution is 2.41. The molecule has 4 heteroatoms. The third-order valence-electron chi connectivity index (χ3n) is 4.60. The first-order valence-electron chi connectivity index (χ1n) is 7.74. The molecule has 0 bridgehead atoms. The molecule has 0 unspecified atom stereocenters. The summed E-state index contributed by atoms with van der Waals surface area (Å²) in [4.78, 5) is 12.3. The molecule has 1 aliphatic rings. The molecule has 2 aromatic rings. The van der Waals surface area contributed by atoms with E-state index in [-0.39, 0.29) is 17.0 Å². The molecule has 1 atom stereocenters. The molecule has 1 N–H and O–H groups in total. The fourth-order valence-corrected chi connectivity index (χ4v) is 3.27. The molecule has 0 aromatic heterocycles. The Balaban J connectivity index is 1.89. The molecule has 0 aliphatic heterocycles. The van der Waals surface area contributed by atoms with E-state index in [1.54, 1.807) is 0 Å². The van der Waals surface area contributed by atoms with Gasteiger partial charge in [-0.3, -0.25) is 4.79 Å². The second-order valence-corrected chi connectivity index (χ2v) is 6.66. The minimum absolute atomic E-state index is 0.0436. The van der Waals surface area contributed by atoms with Gasteiger partial charge >= 0.3 is 0 Å². The van der Waals surface area contributed by atoms with E-state index in [1.807, 2.05) is 18.2 Å². The number of fused-ring (bicyclic) bond motifs is 1. The Hall–Kier alpha value is -2.23. The van der Waals surface area contributed by atoms with Crippen LogP contribution in [0.1, 0.15) is 54.2 Å². The Labute approximate surface area is 134 Å². The summed E-state index contributed by atoms with van der Waals surface area (Å²) in [5, 5.41) is 2.85. The molecule has 1 amide bonds. The second-order valence-electron chi connectivity index (χ2n) is 6.66. The van der Waals surface area contributed by atoms with Crippen LogP contribution in [0.15, 0.2) is 42.5 Å². The molecule has 120 valence electrons. The Bertz CT molecular complexity index is 755. The summed E-state index contributed by atoms with van der Waals surface area (Å²) in [6, 6.07) is 10.7. The van der Waals surface area contributed by atoms with Crippen molar-refractivity contribution in [3.63, 3.8) is 0 Å². The van der Waals surface area contributed by atoms with Crippen LogP contribution < -0.4 is 5.32 Å². The second kappa shape index (κ2) is 5.76. The Morgan fingerprint density at radius 2 is 1.91 bits per heavy atom. The van der Waals surface area contributed by atoms with E-state index in [0.29, 0.717) is 0 Å². The molecule has 0 spiro atoms. The van der Waals surface area contributed by atoms with Crippen molar-refractivity contribution < 1.29 is 13.6 Å². The van der Waals surface area contributed by atoms with Crippen LogP contribution in [0.5, 0.6) is 0 Å². The first-order valence-corrected chi connectivity index (χ1v) is 7.74. The van der Waals surface area contributed by atoms with Gasteiger partial charge in [-0.1, -0.05) is 38.1 Å². The van der Waals surface area contributed by atoms with Gasteiger partial charge in [-0.15, -0.1) is 0 Å². The zero-order valence-corrected chi connectivity index (χ0v) is 13.2. The van der Waals surface area contributed by atoms with Gasteiger partial charge in [0.15, 0.2) is 0 Å². The van der Waals surface area contributed by atoms with Crippen LogP contribution in [0, 0.1) is 11.6 Å². The van der Waals surface area contributed by atoms with Crippen LogP contribution in [0.2, 0.25) is 0 Å². The van der Waals surface area contributed by atoms with Crippen LogP contribution in [-0.4, -0.2) is 5.91 Å². The molecular formula is C19H19F2NO. The van der Waals surface area contributed by atoms with E-state index in [2.05, 4.69) is 25.2 Å². The summed E-state index contributed by atoms with van der Waals surface area (Å²) in [6.45, 7) is 4.35. The standard InChI is InChI=1S/C19H19F2NO/c1-19(2)10-9-17(13-5-3-4-6-15(13)19)22-18(23)14-11-12(20)7-8-16(14)21/h3-8,11,17H,9-10H2,1-2H3,(H,22,23)/t17-/m1/s1. The van der Waals surface area contributed by atoms with Crippen molar-refractivity contribution in [3.05, 3.63) is 70.8 Å². The summed E-state index contributed by atoms with van der Waals surface area (Å²) in [7, 11) is 0. The minimum Gasteiger partial charge on any atom is -0.345 e. The lowest BCUT2D eigenvalue weighted by atomic mass is 9.71. The van der Waals surface area contributed by atoms with Crippen LogP contribution >= 0.6 is 0 Å². The number of benzene rings is 2. The molecule has 23 heavy (non-hydrogen) atoms. The lowest BCUT2D eigenvalue weighted by Gasteiger charge is -2.37. The normalized spacial score (nSPS) is 19.0. The van der Waals surface area contributed by atoms with E-state index in [9.17, 15) is 13.6 Å². The van der Waals surface area contributed by atoms with Crippen molar-refractivity contribution in [1.82, 2.24) is 5.32 Å². The highest BCUT2D eigenvalue weighted by molar-refractivity contribution is 5.94. The lowest BCUT2D eigenvalue weighted by Crippen LogP contribution is -2.36. The highest BCUT2D eigenvalue weighted by Gasteiger charge is 2.33. The number of hydrogen-bond donors (Lipinski definition) is 1. The maximum Gasteiger partial charge on any atom is 0.254 e. The van der Waals surface area contributed by atoms with Gasteiger partial charge in [0.05, 0.1) is 11.6 Å². The SMILES string of the molecule is CC1(C)CC[C@@H](NC(=O)c2cc(F)ccc2F)c2ccccc21. The molecule has 0 saturated heterocycles. The van der Waals surface area contributed by atoms with Crippen LogP contribution in [-0.2, 0) is 5.41 Å². The van der Waals surface area contributed by atoms with Crippen molar-refractivity contribution in [2.45, 2.75) is 38.1 Å². The number of carbonyl (C=O) groups is 1. The summed E-state index contributed by atoms with van der Waals surface area (Å²) in [6.07, 6.45) is 1.69. The lowest BCUT2D eigenvalue weighted by molar-refractivity contribution is 0.0925. The number of halogens is 2. The van der Waals surface area contributed by atoms with Gasteiger partial charge in [0.1, 0.15) is 11.6 Å². The zero-order chi connectivity index (χ0) is 16.6. The van der Waals surface area contributed by atoms with Crippen LogP contribution in [0.4, 0.5) is 8.78 Å². The maximum atomic E-state index is 13.8. The average molecular weight is 315 g/mol. The fraction of sp³-hybridized carbons (Fsp3) is 0.316. The number of carbonyl (C=O) groups excluding carboxylic acids is 1. The quantitative estimate of drug-likeness (QED) is 0.868. The number of nitrogens with one attached hydrogen (secondary N) is 1. The third-order valence-corrected chi connectivity index (χ3v) is 4.60. The summed E-state index contributed by atoms with van der Waals surface area (Å²) in [5.41, 5.74) is 2.03. The topological polar surface area (TPSA) is 29.1 Å². The summed E-state index contributed by atoms with van der Waals surface area (Å²) in [5.74, 6) is -1.92. The van der Waals surface area contributed by atoms with Crippen LogP contribution in [0.25, 0.3) is 0 Å². The molecule has 2 aromatic carbocycles. The summed E-state index contributed by atoms with van der Waals surface area (Å²) < 4.78 is 27.0. The van der Waals surface area contributed by atoms with Crippen molar-refractivity contribution >= 4 is 5.91 Å². The van der Waals surface area contributed by atoms with Crippen molar-refractivity contribution in [1.29, 1.82) is 0 Å². The molecule has 0 radical (unpaired) electrons. The Morgan fingerprint density at radius 1 is 1.17 bits per heavy atom. The van der Waals surface area contributed by atoms with E-state index < -0.39 is 17.5 Å². The summed E-state index contributed by atoms with van der Waals surface area (Å²) >= 11 is 0. The van der Waals surface area contributed by atoms with Crippen LogP contribution in [0.3, 0.4) is 0 Å². The fourth-order valence-electron chi connectivity index (χ4n) is 3.27. The van der Waals surface area contributed by atoms with Crippen molar-refractivity contribution in [2.24, 2.45) is 0 Å². The molecule has 1 aliphatic carbocycles. The van der Waals surface area contributed by atoms with E-state index >= 15 is 0 Å². The molecule has 2 nitrogen and oxygen atoms in total. The molecule has 0 heterocycles. The van der Waals surface area contributed by atoms with Gasteiger partial charge in [0, 0.05) is 0 Å². The Morgan fingerprint density at radius 3 is 2.70 bits per heavy atom. The number of amides is 1. The molecule has 0 saturated carbocycles. The van der Waals surface area contributed by atoms with Gasteiger partial charge < -0.3 is 5.32 Å². The van der Waals surface area contributed by atoms with E-state index in [4.69, 9.17) is 0 Å². The van der Waals surface area contributed by atoms with Gasteiger partial charge in [-0.05, 0) is 47.6 Å². The predicted molar refractivity (Wildman–Crippen MR) is 85.3 cm³/mol. The van der Waals surface area contributed by atoms with Gasteiger partial charge in [-0.25, -0.2) is 8.78 Å². The first-order chi connectivity index (χ1) is 10.9. The third kappa shape index (κ3) is 2.98. The maximum absolute atomic E-state index is 13.8. The average Bonchev–Trinajstić information content (AvgIpc) is 2.53.